The van der Waals surface area contributed by atoms with Crippen molar-refractivity contribution in [2.75, 3.05) is 25.5 Å². The van der Waals surface area contributed by atoms with Gasteiger partial charge in [0.2, 0.25) is 0 Å². The molecule has 0 atom stereocenters. The Morgan fingerprint density at radius 2 is 1.68 bits per heavy atom. The number of anilines is 1. The summed E-state index contributed by atoms with van der Waals surface area (Å²) in [5.74, 6) is 0.574. The van der Waals surface area contributed by atoms with Gasteiger partial charge in [0.25, 0.3) is 15.9 Å². The molecule has 0 unspecified atom stereocenters. The zero-order valence-electron chi connectivity index (χ0n) is 13.7. The van der Waals surface area contributed by atoms with Gasteiger partial charge in [0.05, 0.1) is 24.8 Å². The molecule has 3 N–H and O–H groups in total. The van der Waals surface area contributed by atoms with Gasteiger partial charge in [-0.1, -0.05) is 0 Å². The van der Waals surface area contributed by atoms with Crippen LogP contribution in [-0.4, -0.2) is 35.2 Å². The van der Waals surface area contributed by atoms with Crippen LogP contribution < -0.4 is 24.7 Å². The Labute approximate surface area is 145 Å². The fourth-order valence-electron chi connectivity index (χ4n) is 1.96. The van der Waals surface area contributed by atoms with Crippen LogP contribution in [0.25, 0.3) is 0 Å². The third-order valence-electron chi connectivity index (χ3n) is 3.17. The molecule has 2 aromatic rings. The van der Waals surface area contributed by atoms with E-state index in [0.717, 1.165) is 0 Å². The summed E-state index contributed by atoms with van der Waals surface area (Å²) < 4.78 is 42.8. The molecule has 1 amide bonds. The van der Waals surface area contributed by atoms with Gasteiger partial charge in [-0.3, -0.25) is 9.52 Å². The Kier molecular flexibility index (Phi) is 5.71. The summed E-state index contributed by atoms with van der Waals surface area (Å²) in [5, 5.41) is 0. The number of carbonyl (C=O) groups is 1. The predicted molar refractivity (Wildman–Crippen MR) is 91.5 cm³/mol. The summed E-state index contributed by atoms with van der Waals surface area (Å²) in [4.78, 5) is 10.7. The molecule has 0 aromatic heterocycles. The first-order chi connectivity index (χ1) is 11.9. The van der Waals surface area contributed by atoms with Gasteiger partial charge in [-0.15, -0.1) is 0 Å². The van der Waals surface area contributed by atoms with Gasteiger partial charge in [-0.05, 0) is 36.4 Å². The quantitative estimate of drug-likeness (QED) is 0.729. The van der Waals surface area contributed by atoms with Crippen LogP contribution in [0.2, 0.25) is 0 Å². The van der Waals surface area contributed by atoms with E-state index in [1.54, 1.807) is 18.2 Å². The van der Waals surface area contributed by atoms with Gasteiger partial charge in [-0.25, -0.2) is 8.42 Å². The normalized spacial score (nSPS) is 10.8. The number of primary amides is 1. The predicted octanol–water partition coefficient (Wildman–Crippen LogP) is 1.37. The summed E-state index contributed by atoms with van der Waals surface area (Å²) in [6, 6.07) is 10.3. The Morgan fingerprint density at radius 1 is 1.04 bits per heavy atom. The number of rotatable bonds is 8. The number of nitrogens with one attached hydrogen (secondary N) is 1. The third kappa shape index (κ3) is 4.77. The summed E-state index contributed by atoms with van der Waals surface area (Å²) >= 11 is 0. The van der Waals surface area contributed by atoms with Gasteiger partial charge in [0, 0.05) is 6.07 Å². The number of nitrogens with two attached hydrogens (primary N) is 1. The molecule has 0 aliphatic carbocycles. The van der Waals surface area contributed by atoms with Crippen LogP contribution in [0, 0.1) is 0 Å². The average molecular weight is 366 g/mol. The third-order valence-corrected chi connectivity index (χ3v) is 4.55. The lowest BCUT2D eigenvalue weighted by Crippen LogP contribution is -2.20. The van der Waals surface area contributed by atoms with E-state index in [-0.39, 0.29) is 17.2 Å². The second-order valence-electron chi connectivity index (χ2n) is 4.90. The number of hydrogen-bond donors (Lipinski definition) is 2. The zero-order chi connectivity index (χ0) is 18.4. The Hall–Kier alpha value is -2.94. The lowest BCUT2D eigenvalue weighted by molar-refractivity contribution is -0.119. The molecular weight excluding hydrogens is 348 g/mol. The van der Waals surface area contributed by atoms with Crippen molar-refractivity contribution in [3.63, 3.8) is 0 Å². The van der Waals surface area contributed by atoms with Crippen molar-refractivity contribution in [3.05, 3.63) is 42.5 Å². The zero-order valence-corrected chi connectivity index (χ0v) is 14.5. The highest BCUT2D eigenvalue weighted by atomic mass is 32.2. The first kappa shape index (κ1) is 18.4. The van der Waals surface area contributed by atoms with Gasteiger partial charge < -0.3 is 19.9 Å². The Bertz CT molecular complexity index is 849. The molecule has 2 rings (SSSR count). The topological polar surface area (TPSA) is 117 Å². The summed E-state index contributed by atoms with van der Waals surface area (Å²) in [6.07, 6.45) is 0. The number of methoxy groups -OCH3 is 2. The molecule has 0 aliphatic rings. The van der Waals surface area contributed by atoms with E-state index in [1.807, 2.05) is 0 Å². The molecule has 0 aliphatic heterocycles. The number of benzene rings is 2. The molecule has 25 heavy (non-hydrogen) atoms. The lowest BCUT2D eigenvalue weighted by atomic mass is 10.3. The molecule has 9 heteroatoms. The molecule has 0 fully saturated rings. The van der Waals surface area contributed by atoms with Crippen molar-refractivity contribution in [3.8, 4) is 17.2 Å². The van der Waals surface area contributed by atoms with Crippen molar-refractivity contribution in [1.82, 2.24) is 0 Å². The highest BCUT2D eigenvalue weighted by Gasteiger charge is 2.17. The summed E-state index contributed by atoms with van der Waals surface area (Å²) in [6.45, 7) is -0.284. The van der Waals surface area contributed by atoms with Crippen molar-refractivity contribution >= 4 is 21.6 Å². The van der Waals surface area contributed by atoms with Gasteiger partial charge in [0.1, 0.15) is 17.2 Å². The van der Waals surface area contributed by atoms with Crippen LogP contribution in [0.5, 0.6) is 17.2 Å². The minimum atomic E-state index is -3.83. The average Bonchev–Trinajstić information content (AvgIpc) is 2.60. The first-order valence-corrected chi connectivity index (χ1v) is 8.60. The maximum Gasteiger partial charge on any atom is 0.262 e. The first-order valence-electron chi connectivity index (χ1n) is 7.11. The molecular formula is C16H18N2O6S. The number of hydrogen-bond acceptors (Lipinski definition) is 6. The van der Waals surface area contributed by atoms with E-state index in [4.69, 9.17) is 19.9 Å². The largest absolute Gasteiger partial charge is 0.497 e. The van der Waals surface area contributed by atoms with Gasteiger partial charge >= 0.3 is 0 Å². The van der Waals surface area contributed by atoms with Crippen LogP contribution in [-0.2, 0) is 14.8 Å². The molecule has 0 heterocycles. The second kappa shape index (κ2) is 7.75. The second-order valence-corrected chi connectivity index (χ2v) is 6.58. The minimum absolute atomic E-state index is 0.0248. The van der Waals surface area contributed by atoms with Crippen LogP contribution >= 0.6 is 0 Å². The van der Waals surface area contributed by atoms with Crippen LogP contribution in [0.3, 0.4) is 0 Å². The van der Waals surface area contributed by atoms with Crippen LogP contribution in [0.15, 0.2) is 47.4 Å². The molecule has 134 valence electrons. The highest BCUT2D eigenvalue weighted by Crippen LogP contribution is 2.31. The SMILES string of the molecule is COc1ccc(NS(=O)(=O)c2ccc(OCC(N)=O)cc2)c(OC)c1. The van der Waals surface area contributed by atoms with Crippen molar-refractivity contribution in [2.45, 2.75) is 4.90 Å². The van der Waals surface area contributed by atoms with E-state index in [0.29, 0.717) is 17.2 Å². The molecule has 8 nitrogen and oxygen atoms in total. The fraction of sp³-hybridized carbons (Fsp3) is 0.188. The van der Waals surface area contributed by atoms with Crippen LogP contribution in [0.1, 0.15) is 0 Å². The van der Waals surface area contributed by atoms with E-state index < -0.39 is 15.9 Å². The summed E-state index contributed by atoms with van der Waals surface area (Å²) in [5.41, 5.74) is 5.26. The molecule has 0 spiro atoms. The molecule has 0 saturated heterocycles. The number of carbonyl (C=O) groups excluding carboxylic acids is 1. The maximum atomic E-state index is 12.5. The molecule has 0 bridgehead atoms. The van der Waals surface area contributed by atoms with Crippen molar-refractivity contribution < 1.29 is 27.4 Å². The standard InChI is InChI=1S/C16H18N2O6S/c1-22-12-5-8-14(15(9-12)23-2)18-25(20,21)13-6-3-11(4-7-13)24-10-16(17)19/h3-9,18H,10H2,1-2H3,(H2,17,19). The van der Waals surface area contributed by atoms with E-state index in [9.17, 15) is 13.2 Å². The van der Waals surface area contributed by atoms with Gasteiger partial charge in [-0.2, -0.15) is 0 Å². The smallest absolute Gasteiger partial charge is 0.262 e. The number of ether oxygens (including phenoxy) is 3. The van der Waals surface area contributed by atoms with Crippen LogP contribution in [0.4, 0.5) is 5.69 Å². The lowest BCUT2D eigenvalue weighted by Gasteiger charge is -2.13. The molecule has 0 radical (unpaired) electrons. The highest BCUT2D eigenvalue weighted by molar-refractivity contribution is 7.92. The van der Waals surface area contributed by atoms with Crippen molar-refractivity contribution in [2.24, 2.45) is 5.73 Å². The Balaban J connectivity index is 2.20. The summed E-state index contributed by atoms with van der Waals surface area (Å²) in [7, 11) is -0.903. The van der Waals surface area contributed by atoms with Gasteiger partial charge in [0.15, 0.2) is 6.61 Å². The maximum absolute atomic E-state index is 12.5. The van der Waals surface area contributed by atoms with E-state index in [2.05, 4.69) is 4.72 Å². The van der Waals surface area contributed by atoms with E-state index in [1.165, 1.54) is 38.5 Å². The Morgan fingerprint density at radius 3 is 2.24 bits per heavy atom. The van der Waals surface area contributed by atoms with E-state index >= 15 is 0 Å². The van der Waals surface area contributed by atoms with Crippen molar-refractivity contribution in [1.29, 1.82) is 0 Å². The minimum Gasteiger partial charge on any atom is -0.497 e. The number of amides is 1. The number of sulfonamides is 1. The monoisotopic (exact) mass is 366 g/mol. The fourth-order valence-corrected chi connectivity index (χ4v) is 3.03. The molecule has 2 aromatic carbocycles. The molecule has 0 saturated carbocycles.